The van der Waals surface area contributed by atoms with E-state index < -0.39 is 5.82 Å². The van der Waals surface area contributed by atoms with E-state index in [1.165, 1.54) is 0 Å². The molecule has 1 N–H and O–H groups in total. The van der Waals surface area contributed by atoms with Gasteiger partial charge in [0.1, 0.15) is 11.0 Å². The molecule has 0 saturated carbocycles. The standard InChI is InChI=1S/C24H26ClFN2O/c1-3-4-5-8-16(2)28-24(29)21-14-18(13-17-11-12-22(25)27-15-17)19-9-6-7-10-20(19)23(21)26/h6-7,9-12,14-16H,3-5,8,13H2,1-2H3,(H,28,29). The molecule has 0 aliphatic heterocycles. The van der Waals surface area contributed by atoms with Gasteiger partial charge < -0.3 is 5.32 Å². The summed E-state index contributed by atoms with van der Waals surface area (Å²) >= 11 is 5.88. The highest BCUT2D eigenvalue weighted by molar-refractivity contribution is 6.29. The molecule has 0 fully saturated rings. The minimum absolute atomic E-state index is 0.00355. The van der Waals surface area contributed by atoms with Gasteiger partial charge >= 0.3 is 0 Å². The number of benzene rings is 2. The van der Waals surface area contributed by atoms with Crippen molar-refractivity contribution < 1.29 is 9.18 Å². The van der Waals surface area contributed by atoms with E-state index in [1.807, 2.05) is 25.1 Å². The molecule has 3 rings (SSSR count). The first kappa shape index (κ1) is 21.3. The molecule has 0 radical (unpaired) electrons. The van der Waals surface area contributed by atoms with Crippen molar-refractivity contribution in [3.8, 4) is 0 Å². The van der Waals surface area contributed by atoms with E-state index >= 15 is 4.39 Å². The summed E-state index contributed by atoms with van der Waals surface area (Å²) in [7, 11) is 0. The van der Waals surface area contributed by atoms with Crippen LogP contribution in [0.3, 0.4) is 0 Å². The molecule has 1 amide bonds. The van der Waals surface area contributed by atoms with Crippen LogP contribution in [0.25, 0.3) is 10.8 Å². The molecule has 152 valence electrons. The Kier molecular flexibility index (Phi) is 7.21. The van der Waals surface area contributed by atoms with E-state index in [1.54, 1.807) is 30.5 Å². The number of pyridine rings is 1. The third-order valence-electron chi connectivity index (χ3n) is 5.11. The Bertz CT molecular complexity index is 988. The van der Waals surface area contributed by atoms with Crippen LogP contribution < -0.4 is 5.32 Å². The van der Waals surface area contributed by atoms with Crippen molar-refractivity contribution >= 4 is 28.3 Å². The van der Waals surface area contributed by atoms with E-state index in [0.29, 0.717) is 17.0 Å². The molecule has 0 saturated heterocycles. The van der Waals surface area contributed by atoms with Gasteiger partial charge in [0.05, 0.1) is 5.56 Å². The number of nitrogens with one attached hydrogen (secondary N) is 1. The largest absolute Gasteiger partial charge is 0.349 e. The average molecular weight is 413 g/mol. The van der Waals surface area contributed by atoms with Crippen molar-refractivity contribution in [2.75, 3.05) is 0 Å². The molecule has 29 heavy (non-hydrogen) atoms. The normalized spacial score (nSPS) is 12.1. The van der Waals surface area contributed by atoms with E-state index in [4.69, 9.17) is 11.6 Å². The summed E-state index contributed by atoms with van der Waals surface area (Å²) in [6, 6.07) is 12.6. The number of halogens is 2. The van der Waals surface area contributed by atoms with Crippen LogP contribution >= 0.6 is 11.6 Å². The Hall–Kier alpha value is -2.46. The maximum absolute atomic E-state index is 15.2. The molecule has 1 atom stereocenters. The second kappa shape index (κ2) is 9.84. The number of hydrogen-bond donors (Lipinski definition) is 1. The van der Waals surface area contributed by atoms with Crippen LogP contribution in [0.1, 0.15) is 61.0 Å². The van der Waals surface area contributed by atoms with Gasteiger partial charge in [-0.25, -0.2) is 9.37 Å². The SMILES string of the molecule is CCCCCC(C)NC(=O)c1cc(Cc2ccc(Cl)nc2)c2ccccc2c1F. The zero-order valence-corrected chi connectivity index (χ0v) is 17.6. The van der Waals surface area contributed by atoms with Crippen LogP contribution in [0.15, 0.2) is 48.7 Å². The lowest BCUT2D eigenvalue weighted by molar-refractivity contribution is 0.0934. The Labute approximate surface area is 176 Å². The van der Waals surface area contributed by atoms with Crippen LogP contribution in [0, 0.1) is 5.82 Å². The molecule has 3 aromatic rings. The number of hydrogen-bond acceptors (Lipinski definition) is 2. The molecule has 0 spiro atoms. The fraction of sp³-hybridized carbons (Fsp3) is 0.333. The second-order valence-electron chi connectivity index (χ2n) is 7.48. The lowest BCUT2D eigenvalue weighted by atomic mass is 9.95. The number of amides is 1. The smallest absolute Gasteiger partial charge is 0.254 e. The first-order chi connectivity index (χ1) is 14.0. The number of nitrogens with zero attached hydrogens (tertiary/aromatic N) is 1. The Morgan fingerprint density at radius 3 is 2.62 bits per heavy atom. The molecular formula is C24H26ClFN2O. The Balaban J connectivity index is 1.92. The average Bonchev–Trinajstić information content (AvgIpc) is 2.72. The molecule has 1 unspecified atom stereocenters. The van der Waals surface area contributed by atoms with Gasteiger partial charge in [-0.1, -0.05) is 68.1 Å². The van der Waals surface area contributed by atoms with Gasteiger partial charge in [-0.2, -0.15) is 0 Å². The molecule has 0 bridgehead atoms. The summed E-state index contributed by atoms with van der Waals surface area (Å²) in [6.07, 6.45) is 6.44. The van der Waals surface area contributed by atoms with Crippen LogP contribution in [-0.2, 0) is 6.42 Å². The van der Waals surface area contributed by atoms with Gasteiger partial charge in [0.15, 0.2) is 0 Å². The van der Waals surface area contributed by atoms with Crippen molar-refractivity contribution in [2.24, 2.45) is 0 Å². The molecule has 2 aromatic carbocycles. The highest BCUT2D eigenvalue weighted by Crippen LogP contribution is 2.27. The van der Waals surface area contributed by atoms with Gasteiger partial charge in [0.2, 0.25) is 0 Å². The molecule has 1 heterocycles. The van der Waals surface area contributed by atoms with E-state index in [2.05, 4.69) is 17.2 Å². The molecule has 0 aliphatic carbocycles. The fourth-order valence-corrected chi connectivity index (χ4v) is 3.64. The minimum Gasteiger partial charge on any atom is -0.349 e. The number of aromatic nitrogens is 1. The lowest BCUT2D eigenvalue weighted by Crippen LogP contribution is -2.33. The summed E-state index contributed by atoms with van der Waals surface area (Å²) < 4.78 is 15.2. The van der Waals surface area contributed by atoms with Crippen LogP contribution in [-0.4, -0.2) is 16.9 Å². The van der Waals surface area contributed by atoms with Crippen LogP contribution in [0.5, 0.6) is 0 Å². The lowest BCUT2D eigenvalue weighted by Gasteiger charge is -2.16. The van der Waals surface area contributed by atoms with Crippen molar-refractivity contribution in [3.63, 3.8) is 0 Å². The number of fused-ring (bicyclic) bond motifs is 1. The van der Waals surface area contributed by atoms with Crippen molar-refractivity contribution in [1.29, 1.82) is 0 Å². The molecule has 3 nitrogen and oxygen atoms in total. The first-order valence-electron chi connectivity index (χ1n) is 10.1. The van der Waals surface area contributed by atoms with Gasteiger partial charge in [-0.3, -0.25) is 4.79 Å². The number of rotatable bonds is 8. The molecule has 1 aromatic heterocycles. The zero-order valence-electron chi connectivity index (χ0n) is 16.8. The third kappa shape index (κ3) is 5.33. The molecular weight excluding hydrogens is 387 g/mol. The quantitative estimate of drug-likeness (QED) is 0.347. The predicted molar refractivity (Wildman–Crippen MR) is 117 cm³/mol. The Morgan fingerprint density at radius 2 is 1.93 bits per heavy atom. The number of unbranched alkanes of at least 4 members (excludes halogenated alkanes) is 2. The summed E-state index contributed by atoms with van der Waals surface area (Å²) in [6.45, 7) is 4.11. The maximum Gasteiger partial charge on any atom is 0.254 e. The second-order valence-corrected chi connectivity index (χ2v) is 7.87. The van der Waals surface area contributed by atoms with Gasteiger partial charge in [0.25, 0.3) is 5.91 Å². The van der Waals surface area contributed by atoms with Crippen LogP contribution in [0.4, 0.5) is 4.39 Å². The summed E-state index contributed by atoms with van der Waals surface area (Å²) in [5.41, 5.74) is 1.92. The Morgan fingerprint density at radius 1 is 1.17 bits per heavy atom. The zero-order chi connectivity index (χ0) is 20.8. The van der Waals surface area contributed by atoms with Crippen molar-refractivity contribution in [3.05, 3.63) is 76.3 Å². The van der Waals surface area contributed by atoms with Gasteiger partial charge in [-0.15, -0.1) is 0 Å². The minimum atomic E-state index is -0.475. The fourth-order valence-electron chi connectivity index (χ4n) is 3.53. The topological polar surface area (TPSA) is 42.0 Å². The molecule has 0 aliphatic rings. The van der Waals surface area contributed by atoms with Crippen molar-refractivity contribution in [2.45, 2.75) is 52.0 Å². The number of carbonyl (C=O) groups is 1. The molecule has 5 heteroatoms. The first-order valence-corrected chi connectivity index (χ1v) is 10.5. The van der Waals surface area contributed by atoms with Gasteiger partial charge in [-0.05, 0) is 48.4 Å². The van der Waals surface area contributed by atoms with Crippen LogP contribution in [0.2, 0.25) is 5.15 Å². The van der Waals surface area contributed by atoms with Crippen molar-refractivity contribution in [1.82, 2.24) is 10.3 Å². The van der Waals surface area contributed by atoms with Gasteiger partial charge in [0, 0.05) is 17.6 Å². The third-order valence-corrected chi connectivity index (χ3v) is 5.33. The predicted octanol–water partition coefficient (Wildman–Crippen LogP) is 6.32. The van der Waals surface area contributed by atoms with E-state index in [0.717, 1.165) is 42.2 Å². The van der Waals surface area contributed by atoms with E-state index in [-0.39, 0.29) is 17.5 Å². The van der Waals surface area contributed by atoms with E-state index in [9.17, 15) is 4.79 Å². The number of carbonyl (C=O) groups excluding carboxylic acids is 1. The maximum atomic E-state index is 15.2. The monoisotopic (exact) mass is 412 g/mol. The highest BCUT2D eigenvalue weighted by Gasteiger charge is 2.19. The highest BCUT2D eigenvalue weighted by atomic mass is 35.5. The summed E-state index contributed by atoms with van der Waals surface area (Å²) in [5, 5.41) is 4.63. The summed E-state index contributed by atoms with van der Waals surface area (Å²) in [5.74, 6) is -0.843. The summed E-state index contributed by atoms with van der Waals surface area (Å²) in [4.78, 5) is 16.9.